The van der Waals surface area contributed by atoms with Crippen molar-refractivity contribution in [1.29, 1.82) is 0 Å². The van der Waals surface area contributed by atoms with Crippen LogP contribution in [0, 0.1) is 24.0 Å². The average molecular weight is 399 g/mol. The minimum Gasteiger partial charge on any atom is -0.309 e. The minimum atomic E-state index is -0.498. The summed E-state index contributed by atoms with van der Waals surface area (Å²) >= 11 is 1.41. The number of hydrogen-bond donors (Lipinski definition) is 2. The van der Waals surface area contributed by atoms with E-state index in [9.17, 15) is 19.7 Å². The summed E-state index contributed by atoms with van der Waals surface area (Å²) in [6, 6.07) is 5.95. The Bertz CT molecular complexity index is 1180. The molecule has 0 unspecified atom stereocenters. The highest BCUT2D eigenvalue weighted by atomic mass is 32.1. The molecule has 2 aromatic heterocycles. The summed E-state index contributed by atoms with van der Waals surface area (Å²) in [5, 5.41) is 15.4. The second kappa shape index (κ2) is 7.69. The summed E-state index contributed by atoms with van der Waals surface area (Å²) in [6.45, 7) is 5.41. The molecule has 0 saturated carbocycles. The molecule has 0 atom stereocenters. The van der Waals surface area contributed by atoms with Gasteiger partial charge in [0.05, 0.1) is 22.4 Å². The number of benzene rings is 1. The Hall–Kier alpha value is -3.40. The van der Waals surface area contributed by atoms with Gasteiger partial charge in [-0.05, 0) is 26.3 Å². The van der Waals surface area contributed by atoms with Crippen molar-refractivity contribution >= 4 is 38.9 Å². The van der Waals surface area contributed by atoms with Gasteiger partial charge in [-0.15, -0.1) is 11.3 Å². The quantitative estimate of drug-likeness (QED) is 0.387. The number of aryl methyl sites for hydroxylation is 2. The Balaban J connectivity index is 1.74. The molecule has 0 bridgehead atoms. The average Bonchev–Trinajstić information content (AvgIpc) is 2.94. The van der Waals surface area contributed by atoms with E-state index in [1.54, 1.807) is 19.1 Å². The second-order valence-corrected chi connectivity index (χ2v) is 7.40. The molecule has 10 heteroatoms. The molecule has 2 N–H and O–H groups in total. The van der Waals surface area contributed by atoms with E-state index in [2.05, 4.69) is 20.5 Å². The van der Waals surface area contributed by atoms with E-state index in [4.69, 9.17) is 0 Å². The number of nitro groups is 1. The molecule has 1 aromatic carbocycles. The van der Waals surface area contributed by atoms with Gasteiger partial charge in [0.25, 0.3) is 11.2 Å². The minimum absolute atomic E-state index is 0.0602. The van der Waals surface area contributed by atoms with E-state index in [0.29, 0.717) is 21.5 Å². The SMILES string of the molecule is C/C(=N/NC(=O)Cc1nc2sc(C)c(C)c2c(=O)[nH]1)c1cccc([N+](=O)[O-])c1. The highest BCUT2D eigenvalue weighted by molar-refractivity contribution is 7.18. The van der Waals surface area contributed by atoms with E-state index in [1.807, 2.05) is 13.8 Å². The molecule has 0 aliphatic carbocycles. The number of rotatable bonds is 5. The van der Waals surface area contributed by atoms with Crippen molar-refractivity contribution in [3.05, 3.63) is 66.6 Å². The number of nitrogens with one attached hydrogen (secondary N) is 2. The van der Waals surface area contributed by atoms with Gasteiger partial charge in [-0.3, -0.25) is 19.7 Å². The van der Waals surface area contributed by atoms with Gasteiger partial charge in [-0.2, -0.15) is 5.10 Å². The van der Waals surface area contributed by atoms with Crippen LogP contribution in [-0.2, 0) is 11.2 Å². The van der Waals surface area contributed by atoms with Crippen molar-refractivity contribution in [3.63, 3.8) is 0 Å². The fourth-order valence-electron chi connectivity index (χ4n) is 2.63. The normalized spacial score (nSPS) is 11.6. The van der Waals surface area contributed by atoms with Crippen LogP contribution in [-0.4, -0.2) is 26.5 Å². The van der Waals surface area contributed by atoms with Crippen LogP contribution in [0.5, 0.6) is 0 Å². The predicted octanol–water partition coefficient (Wildman–Crippen LogP) is 2.59. The third kappa shape index (κ3) is 3.96. The smallest absolute Gasteiger partial charge is 0.270 e. The number of carbonyl (C=O) groups excluding carboxylic acids is 1. The number of aromatic nitrogens is 2. The largest absolute Gasteiger partial charge is 0.309 e. The van der Waals surface area contributed by atoms with E-state index < -0.39 is 10.8 Å². The number of thiophene rings is 1. The Morgan fingerprint density at radius 2 is 2.14 bits per heavy atom. The number of hydrogen-bond acceptors (Lipinski definition) is 7. The Morgan fingerprint density at radius 3 is 2.86 bits per heavy atom. The van der Waals surface area contributed by atoms with Crippen LogP contribution in [0.2, 0.25) is 0 Å². The Labute approximate surface area is 163 Å². The van der Waals surface area contributed by atoms with Crippen molar-refractivity contribution in [3.8, 4) is 0 Å². The van der Waals surface area contributed by atoms with Gasteiger partial charge in [0.15, 0.2) is 0 Å². The van der Waals surface area contributed by atoms with Crippen molar-refractivity contribution in [2.45, 2.75) is 27.2 Å². The molecule has 3 rings (SSSR count). The number of hydrazone groups is 1. The maximum absolute atomic E-state index is 12.3. The lowest BCUT2D eigenvalue weighted by atomic mass is 10.1. The van der Waals surface area contributed by atoms with Crippen molar-refractivity contribution < 1.29 is 9.72 Å². The number of amides is 1. The highest BCUT2D eigenvalue weighted by Crippen LogP contribution is 2.25. The van der Waals surface area contributed by atoms with Gasteiger partial charge in [0.1, 0.15) is 10.7 Å². The Kier molecular flexibility index (Phi) is 5.32. The zero-order valence-corrected chi connectivity index (χ0v) is 16.2. The van der Waals surface area contributed by atoms with E-state index in [1.165, 1.54) is 23.5 Å². The summed E-state index contributed by atoms with van der Waals surface area (Å²) in [4.78, 5) is 43.3. The number of carbonyl (C=O) groups is 1. The molecule has 0 fully saturated rings. The fourth-order valence-corrected chi connectivity index (χ4v) is 3.68. The van der Waals surface area contributed by atoms with Crippen LogP contribution in [0.4, 0.5) is 5.69 Å². The van der Waals surface area contributed by atoms with Gasteiger partial charge in [0.2, 0.25) is 5.91 Å². The first-order chi connectivity index (χ1) is 13.3. The molecule has 0 spiro atoms. The summed E-state index contributed by atoms with van der Waals surface area (Å²) in [7, 11) is 0. The summed E-state index contributed by atoms with van der Waals surface area (Å²) < 4.78 is 0. The molecule has 2 heterocycles. The van der Waals surface area contributed by atoms with Crippen LogP contribution in [0.1, 0.15) is 28.8 Å². The first kappa shape index (κ1) is 19.4. The van der Waals surface area contributed by atoms with E-state index in [-0.39, 0.29) is 23.5 Å². The first-order valence-corrected chi connectivity index (χ1v) is 9.14. The maximum Gasteiger partial charge on any atom is 0.270 e. The lowest BCUT2D eigenvalue weighted by molar-refractivity contribution is -0.384. The zero-order chi connectivity index (χ0) is 20.4. The van der Waals surface area contributed by atoms with E-state index in [0.717, 1.165) is 10.4 Å². The van der Waals surface area contributed by atoms with Crippen LogP contribution in [0.25, 0.3) is 10.2 Å². The standard InChI is InChI=1S/C18H17N5O4S/c1-9-11(3)28-18-16(9)17(25)19-14(20-18)8-15(24)22-21-10(2)12-5-4-6-13(7-12)23(26)27/h4-7H,8H2,1-3H3,(H,22,24)(H,19,20,25)/b21-10-. The number of aromatic amines is 1. The Morgan fingerprint density at radius 1 is 1.39 bits per heavy atom. The number of fused-ring (bicyclic) bond motifs is 1. The van der Waals surface area contributed by atoms with Crippen LogP contribution >= 0.6 is 11.3 Å². The van der Waals surface area contributed by atoms with Gasteiger partial charge >= 0.3 is 0 Å². The molecule has 3 aromatic rings. The maximum atomic E-state index is 12.3. The third-order valence-corrected chi connectivity index (χ3v) is 5.34. The van der Waals surface area contributed by atoms with Crippen molar-refractivity contribution in [2.24, 2.45) is 5.10 Å². The first-order valence-electron chi connectivity index (χ1n) is 8.33. The summed E-state index contributed by atoms with van der Waals surface area (Å²) in [5.74, 6) is -0.211. The molecule has 144 valence electrons. The van der Waals surface area contributed by atoms with Crippen LogP contribution < -0.4 is 11.0 Å². The van der Waals surface area contributed by atoms with Crippen molar-refractivity contribution in [2.75, 3.05) is 0 Å². The van der Waals surface area contributed by atoms with Gasteiger partial charge in [-0.25, -0.2) is 10.4 Å². The number of non-ortho nitro benzene ring substituents is 1. The van der Waals surface area contributed by atoms with Gasteiger partial charge in [0, 0.05) is 22.6 Å². The summed E-state index contributed by atoms with van der Waals surface area (Å²) in [5.41, 5.74) is 3.88. The fraction of sp³-hybridized carbons (Fsp3) is 0.222. The monoisotopic (exact) mass is 399 g/mol. The molecule has 0 aliphatic heterocycles. The van der Waals surface area contributed by atoms with Crippen LogP contribution in [0.15, 0.2) is 34.2 Å². The second-order valence-electron chi connectivity index (χ2n) is 6.19. The molecule has 9 nitrogen and oxygen atoms in total. The highest BCUT2D eigenvalue weighted by Gasteiger charge is 2.14. The van der Waals surface area contributed by atoms with Crippen molar-refractivity contribution in [1.82, 2.24) is 15.4 Å². The van der Waals surface area contributed by atoms with Gasteiger partial charge < -0.3 is 4.98 Å². The molecule has 0 radical (unpaired) electrons. The molecule has 1 amide bonds. The molecular weight excluding hydrogens is 382 g/mol. The molecule has 28 heavy (non-hydrogen) atoms. The third-order valence-electron chi connectivity index (χ3n) is 4.24. The van der Waals surface area contributed by atoms with Crippen LogP contribution in [0.3, 0.4) is 0 Å². The molecular formula is C18H17N5O4S. The molecule has 0 aliphatic rings. The van der Waals surface area contributed by atoms with E-state index >= 15 is 0 Å². The number of nitro benzene ring substituents is 1. The lowest BCUT2D eigenvalue weighted by Gasteiger charge is -2.03. The topological polar surface area (TPSA) is 130 Å². The number of nitrogens with zero attached hydrogens (tertiary/aromatic N) is 3. The lowest BCUT2D eigenvalue weighted by Crippen LogP contribution is -2.24. The van der Waals surface area contributed by atoms with Gasteiger partial charge in [-0.1, -0.05) is 12.1 Å². The predicted molar refractivity (Wildman–Crippen MR) is 107 cm³/mol. The summed E-state index contributed by atoms with van der Waals surface area (Å²) in [6.07, 6.45) is -0.146. The number of H-pyrrole nitrogens is 1. The zero-order valence-electron chi connectivity index (χ0n) is 15.4. The molecule has 0 saturated heterocycles.